The fraction of sp³-hybridized carbons (Fsp3) is 0.474. The monoisotopic (exact) mass is 360 g/mol. The summed E-state index contributed by atoms with van der Waals surface area (Å²) in [5.74, 6) is 1.76. The third-order valence-electron chi connectivity index (χ3n) is 3.72. The fourth-order valence-corrected chi connectivity index (χ4v) is 3.42. The smallest absolute Gasteiger partial charge is 0.191 e. The van der Waals surface area contributed by atoms with Crippen LogP contribution in [0.4, 0.5) is 0 Å². The number of aromatic nitrogens is 1. The van der Waals surface area contributed by atoms with Gasteiger partial charge in [0.25, 0.3) is 0 Å². The van der Waals surface area contributed by atoms with E-state index in [0.717, 1.165) is 41.1 Å². The molecule has 136 valence electrons. The Morgan fingerprint density at radius 1 is 1.20 bits per heavy atom. The molecule has 0 aliphatic heterocycles. The standard InChI is InChI=1S/C19H28N4OS/c1-6-20-19(22-12-18-14(4)23-15(5)25-18)21-11-16-8-9-17(24-7-2)13(3)10-16/h8-10H,6-7,11-12H2,1-5H3,(H2,20,21,22). The molecule has 0 aliphatic carbocycles. The summed E-state index contributed by atoms with van der Waals surface area (Å²) in [6.45, 7) is 13.1. The molecule has 1 heterocycles. The van der Waals surface area contributed by atoms with Crippen LogP contribution in [0.1, 0.15) is 40.6 Å². The topological polar surface area (TPSA) is 58.5 Å². The van der Waals surface area contributed by atoms with Crippen molar-refractivity contribution in [1.82, 2.24) is 15.6 Å². The quantitative estimate of drug-likeness (QED) is 0.584. The largest absolute Gasteiger partial charge is 0.494 e. The highest BCUT2D eigenvalue weighted by Gasteiger charge is 2.06. The van der Waals surface area contributed by atoms with Gasteiger partial charge in [0.1, 0.15) is 5.75 Å². The third-order valence-corrected chi connectivity index (χ3v) is 4.79. The molecule has 0 atom stereocenters. The summed E-state index contributed by atoms with van der Waals surface area (Å²) in [5.41, 5.74) is 3.40. The molecule has 1 aromatic carbocycles. The normalized spacial score (nSPS) is 11.5. The lowest BCUT2D eigenvalue weighted by Crippen LogP contribution is -2.36. The maximum atomic E-state index is 5.59. The van der Waals surface area contributed by atoms with E-state index in [4.69, 9.17) is 4.74 Å². The van der Waals surface area contributed by atoms with Crippen molar-refractivity contribution < 1.29 is 4.74 Å². The van der Waals surface area contributed by atoms with Crippen LogP contribution in [0, 0.1) is 20.8 Å². The second-order valence-electron chi connectivity index (χ2n) is 5.82. The first-order valence-corrected chi connectivity index (χ1v) is 9.52. The number of guanidine groups is 1. The second-order valence-corrected chi connectivity index (χ2v) is 7.11. The molecular formula is C19H28N4OS. The number of hydrogen-bond acceptors (Lipinski definition) is 4. The van der Waals surface area contributed by atoms with Crippen LogP contribution in [-0.4, -0.2) is 24.1 Å². The second kappa shape index (κ2) is 9.42. The summed E-state index contributed by atoms with van der Waals surface area (Å²) < 4.78 is 5.59. The van der Waals surface area contributed by atoms with Gasteiger partial charge in [-0.1, -0.05) is 12.1 Å². The molecule has 2 N–H and O–H groups in total. The molecule has 25 heavy (non-hydrogen) atoms. The maximum absolute atomic E-state index is 5.59. The molecule has 5 nitrogen and oxygen atoms in total. The minimum absolute atomic E-state index is 0.628. The predicted molar refractivity (Wildman–Crippen MR) is 106 cm³/mol. The molecule has 0 fully saturated rings. The van der Waals surface area contributed by atoms with Gasteiger partial charge in [-0.2, -0.15) is 0 Å². The van der Waals surface area contributed by atoms with Crippen LogP contribution in [0.15, 0.2) is 23.2 Å². The average molecular weight is 361 g/mol. The highest BCUT2D eigenvalue weighted by atomic mass is 32.1. The van der Waals surface area contributed by atoms with Gasteiger partial charge in [0.2, 0.25) is 0 Å². The summed E-state index contributed by atoms with van der Waals surface area (Å²) in [6, 6.07) is 6.23. The fourth-order valence-electron chi connectivity index (χ4n) is 2.54. The lowest BCUT2D eigenvalue weighted by molar-refractivity contribution is 0.338. The highest BCUT2D eigenvalue weighted by Crippen LogP contribution is 2.19. The first-order chi connectivity index (χ1) is 12.0. The number of benzene rings is 1. The molecule has 1 aromatic heterocycles. The molecule has 0 aliphatic rings. The van der Waals surface area contributed by atoms with E-state index in [0.29, 0.717) is 13.2 Å². The van der Waals surface area contributed by atoms with Crippen LogP contribution in [0.3, 0.4) is 0 Å². The number of nitrogens with one attached hydrogen (secondary N) is 2. The Hall–Kier alpha value is -2.08. The van der Waals surface area contributed by atoms with Crippen LogP contribution >= 0.6 is 11.3 Å². The zero-order chi connectivity index (χ0) is 18.2. The van der Waals surface area contributed by atoms with Gasteiger partial charge in [-0.3, -0.25) is 0 Å². The average Bonchev–Trinajstić information content (AvgIpc) is 2.90. The molecule has 0 amide bonds. The van der Waals surface area contributed by atoms with Crippen LogP contribution in [0.2, 0.25) is 0 Å². The first-order valence-electron chi connectivity index (χ1n) is 8.70. The van der Waals surface area contributed by atoms with Crippen molar-refractivity contribution in [3.63, 3.8) is 0 Å². The van der Waals surface area contributed by atoms with E-state index >= 15 is 0 Å². The van der Waals surface area contributed by atoms with Gasteiger partial charge in [0.15, 0.2) is 5.96 Å². The molecular weight excluding hydrogens is 332 g/mol. The Bertz CT molecular complexity index is 724. The summed E-state index contributed by atoms with van der Waals surface area (Å²) in [4.78, 5) is 10.4. The van der Waals surface area contributed by atoms with E-state index in [1.165, 1.54) is 10.4 Å². The van der Waals surface area contributed by atoms with Gasteiger partial charge >= 0.3 is 0 Å². The number of aliphatic imine (C=N–C) groups is 1. The number of ether oxygens (including phenoxy) is 1. The van der Waals surface area contributed by atoms with E-state index in [9.17, 15) is 0 Å². The van der Waals surface area contributed by atoms with E-state index in [-0.39, 0.29) is 0 Å². The van der Waals surface area contributed by atoms with Crippen LogP contribution < -0.4 is 15.4 Å². The molecule has 0 bridgehead atoms. The van der Waals surface area contributed by atoms with Crippen molar-refractivity contribution in [2.45, 2.75) is 47.7 Å². The summed E-state index contributed by atoms with van der Waals surface area (Å²) >= 11 is 1.73. The van der Waals surface area contributed by atoms with Crippen molar-refractivity contribution in [2.24, 2.45) is 4.99 Å². The molecule has 6 heteroatoms. The van der Waals surface area contributed by atoms with E-state index < -0.39 is 0 Å². The highest BCUT2D eigenvalue weighted by molar-refractivity contribution is 7.11. The predicted octanol–water partition coefficient (Wildman–Crippen LogP) is 3.72. The van der Waals surface area contributed by atoms with E-state index in [1.54, 1.807) is 11.3 Å². The number of aryl methyl sites for hydroxylation is 3. The van der Waals surface area contributed by atoms with Crippen LogP contribution in [0.5, 0.6) is 5.75 Å². The first kappa shape index (κ1) is 19.2. The summed E-state index contributed by atoms with van der Waals surface area (Å²) in [7, 11) is 0. The van der Waals surface area contributed by atoms with Gasteiger partial charge < -0.3 is 15.4 Å². The molecule has 0 spiro atoms. The Labute approximate surface area is 154 Å². The van der Waals surface area contributed by atoms with Crippen LogP contribution in [-0.2, 0) is 13.1 Å². The van der Waals surface area contributed by atoms with Gasteiger partial charge in [-0.05, 0) is 51.8 Å². The van der Waals surface area contributed by atoms with Gasteiger partial charge in [-0.25, -0.2) is 9.98 Å². The zero-order valence-electron chi connectivity index (χ0n) is 15.8. The zero-order valence-corrected chi connectivity index (χ0v) is 16.6. The minimum atomic E-state index is 0.628. The molecule has 2 rings (SSSR count). The van der Waals surface area contributed by atoms with Crippen molar-refractivity contribution in [3.05, 3.63) is 44.9 Å². The molecule has 0 saturated heterocycles. The maximum Gasteiger partial charge on any atom is 0.191 e. The SMILES string of the molecule is CCNC(=NCc1ccc(OCC)c(C)c1)NCc1sc(C)nc1C. The molecule has 0 unspecified atom stereocenters. The Balaban J connectivity index is 2.01. The van der Waals surface area contributed by atoms with Crippen molar-refractivity contribution in [1.29, 1.82) is 0 Å². The number of rotatable bonds is 7. The number of hydrogen-bond donors (Lipinski definition) is 2. The number of thiazole rings is 1. The van der Waals surface area contributed by atoms with Crippen molar-refractivity contribution in [3.8, 4) is 5.75 Å². The van der Waals surface area contributed by atoms with Crippen LogP contribution in [0.25, 0.3) is 0 Å². The molecule has 0 saturated carbocycles. The third kappa shape index (κ3) is 5.74. The lowest BCUT2D eigenvalue weighted by atomic mass is 10.1. The number of nitrogens with zero attached hydrogens (tertiary/aromatic N) is 2. The Morgan fingerprint density at radius 3 is 2.60 bits per heavy atom. The molecule has 0 radical (unpaired) electrons. The van der Waals surface area contributed by atoms with Gasteiger partial charge in [0, 0.05) is 11.4 Å². The van der Waals surface area contributed by atoms with Gasteiger partial charge in [-0.15, -0.1) is 11.3 Å². The van der Waals surface area contributed by atoms with E-state index in [2.05, 4.69) is 46.6 Å². The Morgan fingerprint density at radius 2 is 2.00 bits per heavy atom. The van der Waals surface area contributed by atoms with Crippen molar-refractivity contribution in [2.75, 3.05) is 13.2 Å². The molecule has 2 aromatic rings. The minimum Gasteiger partial charge on any atom is -0.494 e. The lowest BCUT2D eigenvalue weighted by Gasteiger charge is -2.11. The Kier molecular flexibility index (Phi) is 7.25. The summed E-state index contributed by atoms with van der Waals surface area (Å²) in [5, 5.41) is 7.78. The van der Waals surface area contributed by atoms with Gasteiger partial charge in [0.05, 0.1) is 30.4 Å². The summed E-state index contributed by atoms with van der Waals surface area (Å²) in [6.07, 6.45) is 0. The van der Waals surface area contributed by atoms with Crippen molar-refractivity contribution >= 4 is 17.3 Å². The van der Waals surface area contributed by atoms with E-state index in [1.807, 2.05) is 26.8 Å².